The predicted molar refractivity (Wildman–Crippen MR) is 120 cm³/mol. The van der Waals surface area contributed by atoms with E-state index in [0.29, 0.717) is 5.91 Å². The first-order chi connectivity index (χ1) is 13.7. The minimum Gasteiger partial charge on any atom is -0.370 e. The van der Waals surface area contributed by atoms with E-state index in [9.17, 15) is 4.79 Å². The van der Waals surface area contributed by atoms with Crippen LogP contribution in [-0.2, 0) is 9.53 Å². The van der Waals surface area contributed by atoms with E-state index in [-0.39, 0.29) is 41.8 Å². The number of carbonyl (C=O) groups excluding carboxylic acids is 1. The maximum absolute atomic E-state index is 13.6. The van der Waals surface area contributed by atoms with Gasteiger partial charge in [-0.3, -0.25) is 4.79 Å². The summed E-state index contributed by atoms with van der Waals surface area (Å²) in [6.07, 6.45) is 9.36. The van der Waals surface area contributed by atoms with Crippen LogP contribution in [0.25, 0.3) is 0 Å². The van der Waals surface area contributed by atoms with E-state index in [2.05, 4.69) is 62.0 Å². The van der Waals surface area contributed by atoms with E-state index >= 15 is 0 Å². The Morgan fingerprint density at radius 1 is 1.27 bits per heavy atom. The van der Waals surface area contributed by atoms with Gasteiger partial charge in [-0.2, -0.15) is 0 Å². The molecule has 0 radical (unpaired) electrons. The van der Waals surface area contributed by atoms with Gasteiger partial charge < -0.3 is 9.64 Å². The van der Waals surface area contributed by atoms with Crippen LogP contribution in [0.15, 0.2) is 23.1 Å². The molecule has 30 heavy (non-hydrogen) atoms. The summed E-state index contributed by atoms with van der Waals surface area (Å²) in [5.74, 6) is 7.04. The second kappa shape index (κ2) is 9.26. The molecule has 4 rings (SSSR count). The minimum atomic E-state index is -0.0199. The van der Waals surface area contributed by atoms with Gasteiger partial charge in [0.25, 0.3) is 0 Å². The van der Waals surface area contributed by atoms with Crippen molar-refractivity contribution in [2.75, 3.05) is 11.5 Å². The summed E-state index contributed by atoms with van der Waals surface area (Å²) in [6.45, 7) is 9.46. The molecule has 1 atom stereocenters. The monoisotopic (exact) mass is 418 g/mol. The van der Waals surface area contributed by atoms with Crippen molar-refractivity contribution in [2.24, 2.45) is 11.3 Å². The van der Waals surface area contributed by atoms with Gasteiger partial charge in [-0.05, 0) is 78.7 Å². The Hall–Kier alpha value is -0.973. The number of nitrogens with zero attached hydrogens (tertiary/aromatic N) is 1. The minimum absolute atomic E-state index is 0. The second-order valence-corrected chi connectivity index (χ2v) is 11.0. The Labute approximate surface area is 197 Å². The molecule has 0 N–H and O–H groups in total. The van der Waals surface area contributed by atoms with Crippen LogP contribution in [0.2, 0.25) is 0 Å². The van der Waals surface area contributed by atoms with Crippen molar-refractivity contribution in [2.45, 2.75) is 84.3 Å². The standard InChI is InChI=1S/C25H33NO2S.Li/c1-18-5-7-19(8-6-18)23(27)26(20-9-13-25(14-10-20)17-28-25)21-15-22(29-16-21)11-12-24(2,3)4;/h5,15-16,19-20H,6-10,13-14,17H2,1-4H3;/q;+1/t19-,20?,25?;/m0./s1. The first-order valence-corrected chi connectivity index (χ1v) is 11.9. The normalized spacial score (nSPS) is 28.1. The van der Waals surface area contributed by atoms with E-state index in [1.54, 1.807) is 11.3 Å². The number of hydrogen-bond acceptors (Lipinski definition) is 3. The first-order valence-electron chi connectivity index (χ1n) is 11.0. The summed E-state index contributed by atoms with van der Waals surface area (Å²) in [5.41, 5.74) is 2.59. The van der Waals surface area contributed by atoms with Gasteiger partial charge in [0.1, 0.15) is 0 Å². The molecule has 0 unspecified atom stereocenters. The van der Waals surface area contributed by atoms with Crippen LogP contribution in [-0.4, -0.2) is 24.2 Å². The maximum atomic E-state index is 13.6. The number of ether oxygens (including phenoxy) is 1. The SMILES string of the molecule is CC1=CC[C@H](C(=O)N(c2csc(C#CC(C)(C)C)c2)C2CCC3(CC2)CO3)CC1.[Li+]. The molecule has 0 aromatic carbocycles. The average Bonchev–Trinajstić information content (AvgIpc) is 3.27. The molecule has 0 bridgehead atoms. The van der Waals surface area contributed by atoms with Crippen LogP contribution in [0.5, 0.6) is 0 Å². The number of thiophene rings is 1. The van der Waals surface area contributed by atoms with Crippen molar-refractivity contribution in [3.8, 4) is 11.8 Å². The fourth-order valence-corrected chi connectivity index (χ4v) is 5.18. The van der Waals surface area contributed by atoms with Gasteiger partial charge in [-0.1, -0.05) is 23.5 Å². The zero-order valence-corrected chi connectivity index (χ0v) is 20.0. The quantitative estimate of drug-likeness (QED) is 0.327. The van der Waals surface area contributed by atoms with Crippen LogP contribution in [0.1, 0.15) is 77.5 Å². The van der Waals surface area contributed by atoms with Gasteiger partial charge in [0.2, 0.25) is 5.91 Å². The summed E-state index contributed by atoms with van der Waals surface area (Å²) in [5, 5.41) is 2.13. The Balaban J connectivity index is 0.00000256. The molecule has 1 aliphatic heterocycles. The van der Waals surface area contributed by atoms with Crippen LogP contribution >= 0.6 is 11.3 Å². The molecule has 156 valence electrons. The fraction of sp³-hybridized carbons (Fsp3) is 0.640. The second-order valence-electron chi connectivity index (χ2n) is 10.1. The van der Waals surface area contributed by atoms with Crippen LogP contribution in [0.3, 0.4) is 0 Å². The molecule has 1 aromatic heterocycles. The molecular formula is C25H33LiNO2S+. The average molecular weight is 419 g/mol. The van der Waals surface area contributed by atoms with E-state index in [0.717, 1.165) is 62.1 Å². The van der Waals surface area contributed by atoms with Crippen LogP contribution in [0.4, 0.5) is 5.69 Å². The largest absolute Gasteiger partial charge is 1.00 e. The van der Waals surface area contributed by atoms with Gasteiger partial charge >= 0.3 is 18.9 Å². The third-order valence-electron chi connectivity index (χ3n) is 6.43. The number of amides is 1. The third kappa shape index (κ3) is 5.63. The predicted octanol–water partition coefficient (Wildman–Crippen LogP) is 2.94. The number of rotatable bonds is 3. The number of hydrogen-bond donors (Lipinski definition) is 0. The van der Waals surface area contributed by atoms with Gasteiger partial charge in [0, 0.05) is 22.8 Å². The zero-order chi connectivity index (χ0) is 20.6. The molecule has 5 heteroatoms. The summed E-state index contributed by atoms with van der Waals surface area (Å²) in [6, 6.07) is 2.41. The van der Waals surface area contributed by atoms with Crippen molar-refractivity contribution in [1.29, 1.82) is 0 Å². The molecule has 2 fully saturated rings. The van der Waals surface area contributed by atoms with Gasteiger partial charge in [-0.15, -0.1) is 11.3 Å². The van der Waals surface area contributed by atoms with Gasteiger partial charge in [0.05, 0.1) is 22.8 Å². The smallest absolute Gasteiger partial charge is 0.370 e. The Morgan fingerprint density at radius 2 is 1.97 bits per heavy atom. The van der Waals surface area contributed by atoms with Crippen molar-refractivity contribution in [3.63, 3.8) is 0 Å². The topological polar surface area (TPSA) is 32.8 Å². The number of anilines is 1. The summed E-state index contributed by atoms with van der Waals surface area (Å²) in [7, 11) is 0. The van der Waals surface area contributed by atoms with Crippen molar-refractivity contribution in [3.05, 3.63) is 28.0 Å². The number of epoxide rings is 1. The van der Waals surface area contributed by atoms with E-state index in [1.165, 1.54) is 5.57 Å². The Bertz CT molecular complexity index is 856. The van der Waals surface area contributed by atoms with E-state index in [4.69, 9.17) is 4.74 Å². The zero-order valence-electron chi connectivity index (χ0n) is 19.2. The number of carbonyl (C=O) groups is 1. The maximum Gasteiger partial charge on any atom is 1.00 e. The van der Waals surface area contributed by atoms with E-state index in [1.807, 2.05) is 0 Å². The number of allylic oxidation sites excluding steroid dienone is 2. The molecule has 1 saturated heterocycles. The molecule has 3 nitrogen and oxygen atoms in total. The Kier molecular flexibility index (Phi) is 7.31. The van der Waals surface area contributed by atoms with Crippen molar-refractivity contribution >= 4 is 22.9 Å². The molecule has 2 aliphatic carbocycles. The molecule has 2 heterocycles. The van der Waals surface area contributed by atoms with Crippen LogP contribution < -0.4 is 23.8 Å². The molecule has 1 spiro atoms. The molecule has 3 aliphatic rings. The molecular weight excluding hydrogens is 385 g/mol. The molecule has 1 amide bonds. The van der Waals surface area contributed by atoms with E-state index < -0.39 is 0 Å². The molecule has 1 saturated carbocycles. The third-order valence-corrected chi connectivity index (χ3v) is 7.27. The van der Waals surface area contributed by atoms with Crippen molar-refractivity contribution in [1.82, 2.24) is 0 Å². The van der Waals surface area contributed by atoms with Gasteiger partial charge in [0.15, 0.2) is 0 Å². The summed E-state index contributed by atoms with van der Waals surface area (Å²) in [4.78, 5) is 16.8. The first kappa shape index (κ1) is 23.7. The van der Waals surface area contributed by atoms with Crippen LogP contribution in [0, 0.1) is 23.2 Å². The fourth-order valence-electron chi connectivity index (χ4n) is 4.45. The van der Waals surface area contributed by atoms with Crippen molar-refractivity contribution < 1.29 is 28.4 Å². The molecule has 1 aromatic rings. The summed E-state index contributed by atoms with van der Waals surface area (Å²) < 4.78 is 5.70. The van der Waals surface area contributed by atoms with Gasteiger partial charge in [-0.25, -0.2) is 0 Å². The summed E-state index contributed by atoms with van der Waals surface area (Å²) >= 11 is 1.66. The Morgan fingerprint density at radius 3 is 2.53 bits per heavy atom.